The van der Waals surface area contributed by atoms with E-state index >= 15 is 0 Å². The van der Waals surface area contributed by atoms with Gasteiger partial charge in [-0.1, -0.05) is 30.3 Å². The molecule has 0 spiro atoms. The molecule has 186 valence electrons. The standard InChI is InChI=1S/C29H30FN3O2S/c1-19-13-27(32-24-11-9-23(30)10-12-24)22(15-31)14-25(19)29-18-33(36(34,35)17-20-7-8-20)16-26(29)28(29)21-5-3-2-4-6-21/h2-6,9-15,20,26,28,31-32H,7-8,16-18H2,1H3/t26-,28-,29+/m0/s1. The van der Waals surface area contributed by atoms with Gasteiger partial charge in [0, 0.05) is 47.6 Å². The number of halogens is 1. The van der Waals surface area contributed by atoms with E-state index < -0.39 is 10.0 Å². The molecule has 3 atom stereocenters. The van der Waals surface area contributed by atoms with Gasteiger partial charge in [0.05, 0.1) is 5.75 Å². The second-order valence-electron chi connectivity index (χ2n) is 10.6. The third-order valence-corrected chi connectivity index (χ3v) is 10.2. The predicted molar refractivity (Wildman–Crippen MR) is 141 cm³/mol. The second kappa shape index (κ2) is 8.53. The first-order valence-electron chi connectivity index (χ1n) is 12.5. The Bertz CT molecular complexity index is 1420. The van der Waals surface area contributed by atoms with Gasteiger partial charge in [-0.05, 0) is 84.7 Å². The van der Waals surface area contributed by atoms with E-state index in [1.54, 1.807) is 16.4 Å². The van der Waals surface area contributed by atoms with Crippen molar-refractivity contribution >= 4 is 27.6 Å². The van der Waals surface area contributed by atoms with Gasteiger partial charge in [0.2, 0.25) is 10.0 Å². The quantitative estimate of drug-likeness (QED) is 0.394. The number of rotatable bonds is 8. The highest BCUT2D eigenvalue weighted by atomic mass is 32.2. The highest BCUT2D eigenvalue weighted by Gasteiger charge is 2.71. The molecule has 0 unspecified atom stereocenters. The number of fused-ring (bicyclic) bond motifs is 1. The maximum absolute atomic E-state index is 13.4. The molecule has 2 N–H and O–H groups in total. The first kappa shape index (κ1) is 23.4. The van der Waals surface area contributed by atoms with Crippen LogP contribution in [0, 0.1) is 30.0 Å². The molecule has 2 saturated carbocycles. The number of piperidine rings is 1. The number of anilines is 2. The zero-order chi connectivity index (χ0) is 25.1. The zero-order valence-corrected chi connectivity index (χ0v) is 21.1. The van der Waals surface area contributed by atoms with Gasteiger partial charge in [-0.3, -0.25) is 0 Å². The summed E-state index contributed by atoms with van der Waals surface area (Å²) in [4.78, 5) is 0. The molecule has 0 aromatic heterocycles. The number of benzene rings is 3. The summed E-state index contributed by atoms with van der Waals surface area (Å²) < 4.78 is 41.5. The molecule has 5 nitrogen and oxygen atoms in total. The molecule has 36 heavy (non-hydrogen) atoms. The van der Waals surface area contributed by atoms with Crippen molar-refractivity contribution in [3.63, 3.8) is 0 Å². The Kier molecular flexibility index (Phi) is 5.54. The summed E-state index contributed by atoms with van der Waals surface area (Å²) >= 11 is 0. The summed E-state index contributed by atoms with van der Waals surface area (Å²) in [6, 6.07) is 20.6. The summed E-state index contributed by atoms with van der Waals surface area (Å²) in [6.07, 6.45) is 3.36. The van der Waals surface area contributed by atoms with Crippen molar-refractivity contribution in [1.29, 1.82) is 5.41 Å². The van der Waals surface area contributed by atoms with Crippen molar-refractivity contribution in [2.75, 3.05) is 24.2 Å². The van der Waals surface area contributed by atoms with E-state index in [0.29, 0.717) is 19.0 Å². The minimum absolute atomic E-state index is 0.210. The largest absolute Gasteiger partial charge is 0.355 e. The zero-order valence-electron chi connectivity index (χ0n) is 20.2. The van der Waals surface area contributed by atoms with Crippen LogP contribution in [0.5, 0.6) is 0 Å². The van der Waals surface area contributed by atoms with Crippen LogP contribution in [0.1, 0.15) is 41.0 Å². The lowest BCUT2D eigenvalue weighted by atomic mass is 9.86. The van der Waals surface area contributed by atoms with Crippen molar-refractivity contribution in [3.8, 4) is 0 Å². The average molecular weight is 504 g/mol. The fourth-order valence-electron chi connectivity index (χ4n) is 6.26. The lowest BCUT2D eigenvalue weighted by Gasteiger charge is -2.26. The topological polar surface area (TPSA) is 73.3 Å². The van der Waals surface area contributed by atoms with Gasteiger partial charge in [0.15, 0.2) is 0 Å². The van der Waals surface area contributed by atoms with Gasteiger partial charge in [0.1, 0.15) is 5.82 Å². The number of aryl methyl sites for hydroxylation is 1. The average Bonchev–Trinajstić information content (AvgIpc) is 3.76. The molecule has 0 bridgehead atoms. The maximum Gasteiger partial charge on any atom is 0.214 e. The molecule has 3 fully saturated rings. The molecule has 1 saturated heterocycles. The molecule has 6 rings (SSSR count). The van der Waals surface area contributed by atoms with E-state index in [0.717, 1.165) is 40.9 Å². The smallest absolute Gasteiger partial charge is 0.214 e. The van der Waals surface area contributed by atoms with E-state index in [2.05, 4.69) is 30.4 Å². The van der Waals surface area contributed by atoms with Crippen molar-refractivity contribution in [3.05, 3.63) is 94.8 Å². The number of sulfonamides is 1. The van der Waals surface area contributed by atoms with Crippen LogP contribution >= 0.6 is 0 Å². The van der Waals surface area contributed by atoms with Crippen LogP contribution in [-0.4, -0.2) is 37.8 Å². The molecule has 3 aromatic carbocycles. The predicted octanol–water partition coefficient (Wildman–Crippen LogP) is 5.58. The molecule has 1 aliphatic heterocycles. The van der Waals surface area contributed by atoms with Crippen LogP contribution in [0.15, 0.2) is 66.7 Å². The minimum atomic E-state index is -3.29. The second-order valence-corrected chi connectivity index (χ2v) is 12.6. The van der Waals surface area contributed by atoms with Gasteiger partial charge in [-0.25, -0.2) is 17.1 Å². The summed E-state index contributed by atoms with van der Waals surface area (Å²) in [7, 11) is -3.29. The van der Waals surface area contributed by atoms with Gasteiger partial charge in [-0.2, -0.15) is 0 Å². The SMILES string of the molecule is Cc1cc(Nc2ccc(F)cc2)c(C=N)cc1[C@]12CN(S(=O)(=O)CC3CC3)C[C@H]1[C@@H]2c1ccccc1. The van der Waals surface area contributed by atoms with Crippen LogP contribution < -0.4 is 5.32 Å². The molecule has 0 amide bonds. The highest BCUT2D eigenvalue weighted by molar-refractivity contribution is 7.89. The van der Waals surface area contributed by atoms with Crippen LogP contribution in [0.4, 0.5) is 15.8 Å². The summed E-state index contributed by atoms with van der Waals surface area (Å²) in [6.45, 7) is 3.09. The van der Waals surface area contributed by atoms with Gasteiger partial charge < -0.3 is 10.7 Å². The Morgan fingerprint density at radius 2 is 1.83 bits per heavy atom. The highest BCUT2D eigenvalue weighted by Crippen LogP contribution is 2.70. The van der Waals surface area contributed by atoms with Gasteiger partial charge in [0.25, 0.3) is 0 Å². The molecular weight excluding hydrogens is 473 g/mol. The molecule has 3 aromatic rings. The van der Waals surface area contributed by atoms with Crippen molar-refractivity contribution in [2.24, 2.45) is 11.8 Å². The third-order valence-electron chi connectivity index (χ3n) is 8.22. The van der Waals surface area contributed by atoms with Gasteiger partial charge >= 0.3 is 0 Å². The summed E-state index contributed by atoms with van der Waals surface area (Å²) in [5.41, 5.74) is 5.38. The molecule has 0 radical (unpaired) electrons. The van der Waals surface area contributed by atoms with Crippen molar-refractivity contribution in [1.82, 2.24) is 4.31 Å². The van der Waals surface area contributed by atoms with E-state index in [4.69, 9.17) is 5.41 Å². The van der Waals surface area contributed by atoms with Crippen LogP contribution in [0.2, 0.25) is 0 Å². The third kappa shape index (κ3) is 3.95. The number of hydrogen-bond acceptors (Lipinski definition) is 4. The van der Waals surface area contributed by atoms with E-state index in [1.807, 2.05) is 24.3 Å². The number of nitrogens with zero attached hydrogens (tertiary/aromatic N) is 1. The first-order valence-corrected chi connectivity index (χ1v) is 14.1. The van der Waals surface area contributed by atoms with Crippen LogP contribution in [-0.2, 0) is 15.4 Å². The normalized spacial score (nSPS) is 25.4. The minimum Gasteiger partial charge on any atom is -0.355 e. The number of nitrogens with one attached hydrogen (secondary N) is 2. The van der Waals surface area contributed by atoms with Crippen LogP contribution in [0.25, 0.3) is 0 Å². The molecular formula is C29H30FN3O2S. The molecule has 7 heteroatoms. The van der Waals surface area contributed by atoms with E-state index in [9.17, 15) is 12.8 Å². The monoisotopic (exact) mass is 503 g/mol. The van der Waals surface area contributed by atoms with E-state index in [1.165, 1.54) is 23.9 Å². The Hall–Kier alpha value is -3.03. The van der Waals surface area contributed by atoms with Crippen LogP contribution in [0.3, 0.4) is 0 Å². The van der Waals surface area contributed by atoms with Crippen molar-refractivity contribution in [2.45, 2.75) is 31.1 Å². The first-order chi connectivity index (χ1) is 17.3. The Labute approximate surface area is 211 Å². The fraction of sp³-hybridized carbons (Fsp3) is 0.345. The summed E-state index contributed by atoms with van der Waals surface area (Å²) in [5, 5.41) is 11.4. The maximum atomic E-state index is 13.4. The number of hydrogen-bond donors (Lipinski definition) is 2. The Balaban J connectivity index is 1.38. The lowest BCUT2D eigenvalue weighted by molar-refractivity contribution is 0.419. The van der Waals surface area contributed by atoms with Gasteiger partial charge in [-0.15, -0.1) is 0 Å². The lowest BCUT2D eigenvalue weighted by Crippen LogP contribution is -2.36. The van der Waals surface area contributed by atoms with Crippen molar-refractivity contribution < 1.29 is 12.8 Å². The van der Waals surface area contributed by atoms with E-state index in [-0.39, 0.29) is 28.8 Å². The summed E-state index contributed by atoms with van der Waals surface area (Å²) in [5.74, 6) is 0.738. The Morgan fingerprint density at radius 1 is 1.11 bits per heavy atom. The Morgan fingerprint density at radius 3 is 2.50 bits per heavy atom. The molecule has 3 aliphatic rings. The fourth-order valence-corrected chi connectivity index (χ4v) is 8.20. The molecule has 1 heterocycles. The molecule has 2 aliphatic carbocycles.